The number of hydrogen-bond donors (Lipinski definition) is 3. The highest BCUT2D eigenvalue weighted by molar-refractivity contribution is 7.89. The number of hydrogen-bond acceptors (Lipinski definition) is 6. The van der Waals surface area contributed by atoms with Gasteiger partial charge in [-0.15, -0.1) is 0 Å². The van der Waals surface area contributed by atoms with E-state index in [4.69, 9.17) is 5.73 Å². The van der Waals surface area contributed by atoms with Gasteiger partial charge in [-0.2, -0.15) is 4.72 Å². The molecule has 120 valence electrons. The number of sulfonamides is 1. The van der Waals surface area contributed by atoms with Crippen LogP contribution in [0.1, 0.15) is 12.8 Å². The molecule has 0 atom stereocenters. The average Bonchev–Trinajstić information content (AvgIpc) is 3.24. The minimum absolute atomic E-state index is 0.0731. The highest BCUT2D eigenvalue weighted by Crippen LogP contribution is 2.33. The van der Waals surface area contributed by atoms with Crippen molar-refractivity contribution in [2.24, 2.45) is 5.73 Å². The van der Waals surface area contributed by atoms with Crippen molar-refractivity contribution < 1.29 is 22.7 Å². The van der Waals surface area contributed by atoms with Crippen LogP contribution < -0.4 is 15.8 Å². The van der Waals surface area contributed by atoms with E-state index in [1.165, 1.54) is 18.2 Å². The third-order valence-corrected chi connectivity index (χ3v) is 4.68. The van der Waals surface area contributed by atoms with Crippen LogP contribution >= 0.6 is 0 Å². The first-order valence-corrected chi connectivity index (χ1v) is 8.02. The molecular formula is C13H17N3O5S. The van der Waals surface area contributed by atoms with E-state index in [1.54, 1.807) is 6.07 Å². The Morgan fingerprint density at radius 2 is 2.05 bits per heavy atom. The summed E-state index contributed by atoms with van der Waals surface area (Å²) in [7, 11) is -2.72. The van der Waals surface area contributed by atoms with Crippen molar-refractivity contribution in [3.63, 3.8) is 0 Å². The number of benzene rings is 1. The van der Waals surface area contributed by atoms with Gasteiger partial charge in [0.1, 0.15) is 6.54 Å². The molecule has 0 unspecified atom stereocenters. The molecule has 0 aliphatic heterocycles. The van der Waals surface area contributed by atoms with Gasteiger partial charge in [0, 0.05) is 5.69 Å². The van der Waals surface area contributed by atoms with Crippen LogP contribution in [0, 0.1) is 0 Å². The fraction of sp³-hybridized carbons (Fsp3) is 0.385. The number of nitrogens with two attached hydrogens (primary N) is 1. The summed E-state index contributed by atoms with van der Waals surface area (Å²) in [5.41, 5.74) is 5.24. The number of anilines is 1. The molecule has 0 spiro atoms. The molecule has 4 N–H and O–H groups in total. The van der Waals surface area contributed by atoms with Crippen LogP contribution in [0.15, 0.2) is 29.2 Å². The summed E-state index contributed by atoms with van der Waals surface area (Å²) in [6.45, 7) is -0.471. The first kappa shape index (κ1) is 16.4. The molecule has 1 saturated carbocycles. The van der Waals surface area contributed by atoms with Gasteiger partial charge >= 0.3 is 5.97 Å². The molecule has 1 aliphatic carbocycles. The summed E-state index contributed by atoms with van der Waals surface area (Å²) in [6, 6.07) is 5.69. The van der Waals surface area contributed by atoms with Crippen LogP contribution in [0.5, 0.6) is 0 Å². The van der Waals surface area contributed by atoms with E-state index in [9.17, 15) is 18.0 Å². The molecule has 0 heterocycles. The van der Waals surface area contributed by atoms with Crippen LogP contribution in [0.2, 0.25) is 0 Å². The Morgan fingerprint density at radius 1 is 1.36 bits per heavy atom. The minimum Gasteiger partial charge on any atom is -0.468 e. The van der Waals surface area contributed by atoms with Crippen molar-refractivity contribution >= 4 is 27.6 Å². The summed E-state index contributed by atoms with van der Waals surface area (Å²) in [4.78, 5) is 22.8. The van der Waals surface area contributed by atoms with Crippen molar-refractivity contribution in [2.45, 2.75) is 23.3 Å². The van der Waals surface area contributed by atoms with Gasteiger partial charge in [-0.25, -0.2) is 8.42 Å². The van der Waals surface area contributed by atoms with Gasteiger partial charge in [0.2, 0.25) is 15.9 Å². The van der Waals surface area contributed by atoms with E-state index in [2.05, 4.69) is 14.8 Å². The molecule has 1 fully saturated rings. The third kappa shape index (κ3) is 3.81. The SMILES string of the molecule is COC(=O)CNS(=O)(=O)c1cccc(NC(=O)C2(N)CC2)c1. The van der Waals surface area contributed by atoms with Crippen molar-refractivity contribution in [2.75, 3.05) is 19.0 Å². The van der Waals surface area contributed by atoms with Crippen molar-refractivity contribution in [3.05, 3.63) is 24.3 Å². The first-order chi connectivity index (χ1) is 10.3. The molecule has 1 aliphatic rings. The molecule has 8 nitrogen and oxygen atoms in total. The molecule has 0 radical (unpaired) electrons. The van der Waals surface area contributed by atoms with Crippen LogP contribution in [0.4, 0.5) is 5.69 Å². The van der Waals surface area contributed by atoms with Gasteiger partial charge < -0.3 is 15.8 Å². The topological polar surface area (TPSA) is 128 Å². The van der Waals surface area contributed by atoms with Gasteiger partial charge in [0.25, 0.3) is 0 Å². The van der Waals surface area contributed by atoms with E-state index < -0.39 is 28.1 Å². The van der Waals surface area contributed by atoms with Gasteiger partial charge in [-0.3, -0.25) is 9.59 Å². The minimum atomic E-state index is -3.88. The predicted octanol–water partition coefficient (Wildman–Crippen LogP) is -0.432. The number of esters is 1. The number of nitrogens with one attached hydrogen (secondary N) is 2. The Labute approximate surface area is 128 Å². The summed E-state index contributed by atoms with van der Waals surface area (Å²) in [5, 5.41) is 2.59. The first-order valence-electron chi connectivity index (χ1n) is 6.54. The average molecular weight is 327 g/mol. The summed E-state index contributed by atoms with van der Waals surface area (Å²) in [6.07, 6.45) is 1.22. The Bertz CT molecular complexity index is 697. The maximum atomic E-state index is 12.0. The van der Waals surface area contributed by atoms with Crippen molar-refractivity contribution in [1.82, 2.24) is 4.72 Å². The van der Waals surface area contributed by atoms with Crippen molar-refractivity contribution in [3.8, 4) is 0 Å². The molecule has 1 aromatic rings. The summed E-state index contributed by atoms with van der Waals surface area (Å²) < 4.78 is 30.6. The molecular weight excluding hydrogens is 310 g/mol. The van der Waals surface area contributed by atoms with E-state index in [1.807, 2.05) is 0 Å². The Morgan fingerprint density at radius 3 is 2.64 bits per heavy atom. The van der Waals surface area contributed by atoms with Crippen LogP contribution in [0.25, 0.3) is 0 Å². The zero-order chi connectivity index (χ0) is 16.4. The maximum Gasteiger partial charge on any atom is 0.320 e. The summed E-state index contributed by atoms with van der Waals surface area (Å²) >= 11 is 0. The van der Waals surface area contributed by atoms with Crippen LogP contribution in [-0.4, -0.2) is 39.5 Å². The van der Waals surface area contributed by atoms with Crippen LogP contribution in [0.3, 0.4) is 0 Å². The maximum absolute atomic E-state index is 12.0. The quantitative estimate of drug-likeness (QED) is 0.608. The Hall–Kier alpha value is -1.97. The molecule has 0 aromatic heterocycles. The molecule has 0 bridgehead atoms. The molecule has 9 heteroatoms. The lowest BCUT2D eigenvalue weighted by atomic mass is 10.2. The lowest BCUT2D eigenvalue weighted by Gasteiger charge is -2.11. The standard InChI is InChI=1S/C13H17N3O5S/c1-21-11(17)8-15-22(19,20)10-4-2-3-9(7-10)16-12(18)13(14)5-6-13/h2-4,7,15H,5-6,8,14H2,1H3,(H,16,18). The number of methoxy groups -OCH3 is 1. The second-order valence-corrected chi connectivity index (χ2v) is 6.81. The van der Waals surface area contributed by atoms with E-state index >= 15 is 0 Å². The Balaban J connectivity index is 2.10. The number of carbonyl (C=O) groups excluding carboxylic acids is 2. The normalized spacial score (nSPS) is 15.9. The zero-order valence-corrected chi connectivity index (χ0v) is 12.8. The highest BCUT2D eigenvalue weighted by Gasteiger charge is 2.45. The van der Waals surface area contributed by atoms with Gasteiger partial charge in [0.15, 0.2) is 0 Å². The molecule has 1 aromatic carbocycles. The largest absolute Gasteiger partial charge is 0.468 e. The number of rotatable bonds is 6. The fourth-order valence-electron chi connectivity index (χ4n) is 1.67. The number of amides is 1. The van der Waals surface area contributed by atoms with Gasteiger partial charge in [0.05, 0.1) is 17.5 Å². The summed E-state index contributed by atoms with van der Waals surface area (Å²) in [5.74, 6) is -1.04. The molecule has 2 rings (SSSR count). The zero-order valence-electron chi connectivity index (χ0n) is 12.0. The van der Waals surface area contributed by atoms with E-state index in [0.717, 1.165) is 7.11 Å². The monoisotopic (exact) mass is 327 g/mol. The molecule has 0 saturated heterocycles. The number of carbonyl (C=O) groups is 2. The Kier molecular flexibility index (Phi) is 4.50. The van der Waals surface area contributed by atoms with Crippen molar-refractivity contribution in [1.29, 1.82) is 0 Å². The van der Waals surface area contributed by atoms with E-state index in [0.29, 0.717) is 18.5 Å². The third-order valence-electron chi connectivity index (χ3n) is 3.28. The van der Waals surface area contributed by atoms with Gasteiger partial charge in [-0.1, -0.05) is 6.07 Å². The molecule has 1 amide bonds. The smallest absolute Gasteiger partial charge is 0.320 e. The second-order valence-electron chi connectivity index (χ2n) is 5.04. The lowest BCUT2D eigenvalue weighted by Crippen LogP contribution is -2.37. The second kappa shape index (κ2) is 6.03. The predicted molar refractivity (Wildman–Crippen MR) is 78.4 cm³/mol. The fourth-order valence-corrected chi connectivity index (χ4v) is 2.68. The number of ether oxygens (including phenoxy) is 1. The highest BCUT2D eigenvalue weighted by atomic mass is 32.2. The van der Waals surface area contributed by atoms with Gasteiger partial charge in [-0.05, 0) is 31.0 Å². The lowest BCUT2D eigenvalue weighted by molar-refractivity contribution is -0.139. The van der Waals surface area contributed by atoms with Crippen LogP contribution in [-0.2, 0) is 24.3 Å². The van der Waals surface area contributed by atoms with E-state index in [-0.39, 0.29) is 10.8 Å². The molecule has 22 heavy (non-hydrogen) atoms.